The van der Waals surface area contributed by atoms with Crippen molar-refractivity contribution in [3.63, 3.8) is 0 Å². The molecule has 288 valence electrons. The van der Waals surface area contributed by atoms with Crippen molar-refractivity contribution in [2.24, 2.45) is 0 Å². The molecule has 14 rings (SSSR count). The average molecular weight is 794 g/mol. The minimum absolute atomic E-state index is 0.524. The summed E-state index contributed by atoms with van der Waals surface area (Å²) in [5.74, 6) is 1.61. The highest BCUT2D eigenvalue weighted by atomic mass is 16.3. The lowest BCUT2D eigenvalue weighted by Gasteiger charge is -2.16. The Morgan fingerprint density at radius 3 is 1.61 bits per heavy atom. The second-order valence-electron chi connectivity index (χ2n) is 16.0. The predicted octanol–water partition coefficient (Wildman–Crippen LogP) is 14.4. The average Bonchev–Trinajstić information content (AvgIpc) is 4.08. The Bertz CT molecular complexity index is 4130. The molecule has 7 heteroatoms. The van der Waals surface area contributed by atoms with Crippen LogP contribution < -0.4 is 0 Å². The van der Waals surface area contributed by atoms with Crippen LogP contribution in [0.5, 0.6) is 0 Å². The van der Waals surface area contributed by atoms with Gasteiger partial charge in [0.25, 0.3) is 0 Å². The lowest BCUT2D eigenvalue weighted by Crippen LogP contribution is -2.08. The van der Waals surface area contributed by atoms with Gasteiger partial charge in [-0.1, -0.05) is 115 Å². The Labute approximate surface area is 352 Å². The van der Waals surface area contributed by atoms with E-state index in [1.807, 2.05) is 42.5 Å². The van der Waals surface area contributed by atoms with Crippen molar-refractivity contribution in [3.8, 4) is 34.4 Å². The van der Waals surface area contributed by atoms with Crippen LogP contribution >= 0.6 is 0 Å². The summed E-state index contributed by atoms with van der Waals surface area (Å²) in [5, 5.41) is 11.0. The first-order valence-corrected chi connectivity index (χ1v) is 20.8. The maximum absolute atomic E-state index is 6.64. The van der Waals surface area contributed by atoms with Gasteiger partial charge in [-0.05, 0) is 83.6 Å². The van der Waals surface area contributed by atoms with Crippen LogP contribution in [0.2, 0.25) is 0 Å². The van der Waals surface area contributed by atoms with Crippen LogP contribution in [0.15, 0.2) is 197 Å². The number of hydrogen-bond donors (Lipinski definition) is 0. The van der Waals surface area contributed by atoms with Crippen molar-refractivity contribution < 1.29 is 8.83 Å². The lowest BCUT2D eigenvalue weighted by molar-refractivity contribution is 0.668. The number of nitrogens with zero attached hydrogens (tertiary/aromatic N) is 5. The topological polar surface area (TPSA) is 74.8 Å². The van der Waals surface area contributed by atoms with Crippen molar-refractivity contribution in [3.05, 3.63) is 188 Å². The van der Waals surface area contributed by atoms with E-state index in [1.54, 1.807) is 0 Å². The lowest BCUT2D eigenvalue weighted by atomic mass is 10.0. The van der Waals surface area contributed by atoms with E-state index in [9.17, 15) is 0 Å². The van der Waals surface area contributed by atoms with Crippen LogP contribution in [0.25, 0.3) is 133 Å². The van der Waals surface area contributed by atoms with Gasteiger partial charge in [-0.25, -0.2) is 4.98 Å². The van der Waals surface area contributed by atoms with E-state index in [-0.39, 0.29) is 0 Å². The number of benzene rings is 9. The number of aromatic nitrogens is 5. The molecule has 0 radical (unpaired) electrons. The Kier molecular flexibility index (Phi) is 6.71. The fraction of sp³-hybridized carbons (Fsp3) is 0. The zero-order valence-electron chi connectivity index (χ0n) is 33.0. The molecule has 0 fully saturated rings. The second kappa shape index (κ2) is 12.5. The fourth-order valence-corrected chi connectivity index (χ4v) is 9.82. The van der Waals surface area contributed by atoms with E-state index >= 15 is 0 Å². The van der Waals surface area contributed by atoms with Crippen LogP contribution in [0.1, 0.15) is 0 Å². The van der Waals surface area contributed by atoms with E-state index in [0.29, 0.717) is 17.6 Å². The van der Waals surface area contributed by atoms with Crippen molar-refractivity contribution in [1.29, 1.82) is 0 Å². The summed E-state index contributed by atoms with van der Waals surface area (Å²) >= 11 is 0. The van der Waals surface area contributed by atoms with Gasteiger partial charge in [-0.3, -0.25) is 4.57 Å². The van der Waals surface area contributed by atoms with Crippen molar-refractivity contribution in [2.45, 2.75) is 0 Å². The molecule has 9 aromatic carbocycles. The molecule has 5 heterocycles. The molecule has 62 heavy (non-hydrogen) atoms. The Balaban J connectivity index is 1.14. The molecule has 0 bridgehead atoms. The van der Waals surface area contributed by atoms with E-state index in [0.717, 1.165) is 110 Å². The van der Waals surface area contributed by atoms with E-state index in [2.05, 4.69) is 155 Å². The fourth-order valence-electron chi connectivity index (χ4n) is 9.82. The van der Waals surface area contributed by atoms with Gasteiger partial charge in [0, 0.05) is 48.8 Å². The minimum atomic E-state index is 0.524. The van der Waals surface area contributed by atoms with Gasteiger partial charge in [-0.15, -0.1) is 0 Å². The van der Waals surface area contributed by atoms with Gasteiger partial charge >= 0.3 is 0 Å². The summed E-state index contributed by atoms with van der Waals surface area (Å²) < 4.78 is 17.5. The molecule has 5 aromatic heterocycles. The SMILES string of the molecule is c1ccc2cc3c(cc2c1)c1ccccc1n3-c1c(-c2nc(-c3ccc4oc5ccccc5c4c3)nc(-n3c4ccccc4c4ccccc43)n2)ccc2oc3ccccc3c12. The first-order valence-electron chi connectivity index (χ1n) is 20.8. The number of furan rings is 2. The van der Waals surface area contributed by atoms with Crippen LogP contribution in [0.3, 0.4) is 0 Å². The third-order valence-electron chi connectivity index (χ3n) is 12.6. The third-order valence-corrected chi connectivity index (χ3v) is 12.6. The predicted molar refractivity (Wildman–Crippen MR) is 251 cm³/mol. The van der Waals surface area contributed by atoms with Gasteiger partial charge < -0.3 is 13.4 Å². The summed E-state index contributed by atoms with van der Waals surface area (Å²) in [5.41, 5.74) is 10.1. The van der Waals surface area contributed by atoms with Crippen LogP contribution in [-0.4, -0.2) is 24.1 Å². The first kappa shape index (κ1) is 33.3. The number of fused-ring (bicyclic) bond motifs is 13. The van der Waals surface area contributed by atoms with Crippen molar-refractivity contribution in [1.82, 2.24) is 24.1 Å². The molecule has 0 spiro atoms. The maximum atomic E-state index is 6.64. The Hall–Kier alpha value is -8.55. The van der Waals surface area contributed by atoms with E-state index < -0.39 is 0 Å². The van der Waals surface area contributed by atoms with Crippen molar-refractivity contribution >= 4 is 98.3 Å². The largest absolute Gasteiger partial charge is 0.456 e. The highest BCUT2D eigenvalue weighted by Crippen LogP contribution is 2.44. The van der Waals surface area contributed by atoms with Crippen LogP contribution in [-0.2, 0) is 0 Å². The van der Waals surface area contributed by atoms with Crippen LogP contribution in [0, 0.1) is 0 Å². The summed E-state index contributed by atoms with van der Waals surface area (Å²) in [6, 6.07) is 65.6. The zero-order chi connectivity index (χ0) is 40.5. The molecule has 0 unspecified atom stereocenters. The smallest absolute Gasteiger partial charge is 0.238 e. The summed E-state index contributed by atoms with van der Waals surface area (Å²) in [6.45, 7) is 0. The van der Waals surface area contributed by atoms with Gasteiger partial charge in [0.05, 0.1) is 33.1 Å². The summed E-state index contributed by atoms with van der Waals surface area (Å²) in [6.07, 6.45) is 0. The third kappa shape index (κ3) is 4.67. The molecule has 0 aliphatic carbocycles. The highest BCUT2D eigenvalue weighted by molar-refractivity contribution is 6.18. The standard InChI is InChI=1S/C55H31N5O2/c1-2-14-33-31-46-41(29-32(33)13-1)37-17-5-8-20-43(37)59(46)52-40(26-28-50-51(52)39-19-7-12-24-48(39)62-50)54-56-53(34-25-27-49-42(30-34)38-18-6-11-23-47(38)61-49)57-55(58-54)60-44-21-9-3-15-35(44)36-16-4-10-22-45(36)60/h1-31H. The minimum Gasteiger partial charge on any atom is -0.456 e. The molecule has 0 saturated carbocycles. The van der Waals surface area contributed by atoms with Gasteiger partial charge in [0.15, 0.2) is 11.6 Å². The van der Waals surface area contributed by atoms with Gasteiger partial charge in [-0.2, -0.15) is 9.97 Å². The molecule has 0 aliphatic heterocycles. The highest BCUT2D eigenvalue weighted by Gasteiger charge is 2.25. The molecule has 0 aliphatic rings. The number of rotatable bonds is 4. The summed E-state index contributed by atoms with van der Waals surface area (Å²) in [4.78, 5) is 16.3. The first-order chi connectivity index (χ1) is 30.7. The molecular weight excluding hydrogens is 763 g/mol. The molecule has 7 nitrogen and oxygen atoms in total. The molecule has 0 atom stereocenters. The van der Waals surface area contributed by atoms with Gasteiger partial charge in [0.2, 0.25) is 5.95 Å². The van der Waals surface area contributed by atoms with Gasteiger partial charge in [0.1, 0.15) is 22.3 Å². The molecule has 0 amide bonds. The molecule has 0 saturated heterocycles. The quantitative estimate of drug-likeness (QED) is 0.177. The normalized spacial score (nSPS) is 12.2. The molecule has 14 aromatic rings. The Morgan fingerprint density at radius 2 is 0.871 bits per heavy atom. The van der Waals surface area contributed by atoms with Crippen molar-refractivity contribution in [2.75, 3.05) is 0 Å². The summed E-state index contributed by atoms with van der Waals surface area (Å²) in [7, 11) is 0. The van der Waals surface area contributed by atoms with E-state index in [4.69, 9.17) is 23.8 Å². The Morgan fingerprint density at radius 1 is 0.339 bits per heavy atom. The maximum Gasteiger partial charge on any atom is 0.238 e. The number of hydrogen-bond acceptors (Lipinski definition) is 5. The second-order valence-corrected chi connectivity index (χ2v) is 16.0. The number of para-hydroxylation sites is 5. The molecule has 0 N–H and O–H groups in total. The van der Waals surface area contributed by atoms with Crippen LogP contribution in [0.4, 0.5) is 0 Å². The van der Waals surface area contributed by atoms with E-state index in [1.165, 1.54) is 5.39 Å². The zero-order valence-corrected chi connectivity index (χ0v) is 33.0. The monoisotopic (exact) mass is 793 g/mol. The molecular formula is C55H31N5O2.